The molecule has 0 bridgehead atoms. The van der Waals surface area contributed by atoms with Gasteiger partial charge in [-0.05, 0) is 30.7 Å². The summed E-state index contributed by atoms with van der Waals surface area (Å²) in [7, 11) is 0. The quantitative estimate of drug-likeness (QED) is 0.579. The molecule has 0 N–H and O–H groups in total. The van der Waals surface area contributed by atoms with Crippen LogP contribution in [-0.2, 0) is 5.33 Å². The van der Waals surface area contributed by atoms with E-state index < -0.39 is 0 Å². The number of aryl methyl sites for hydroxylation is 1. The highest BCUT2D eigenvalue weighted by Gasteiger charge is 2.15. The first-order chi connectivity index (χ1) is 10.2. The number of alkyl halides is 1. The van der Waals surface area contributed by atoms with Crippen molar-refractivity contribution < 1.29 is 0 Å². The molecule has 106 valence electrons. The molecule has 0 aliphatic rings. The lowest BCUT2D eigenvalue weighted by Crippen LogP contribution is -2.01. The molecule has 5 heteroatoms. The van der Waals surface area contributed by atoms with Crippen LogP contribution in [0.3, 0.4) is 0 Å². The lowest BCUT2D eigenvalue weighted by molar-refractivity contribution is 0.962. The number of hydrogen-bond acceptors (Lipinski definition) is 2. The molecule has 1 heterocycles. The molecule has 0 aliphatic heterocycles. The third-order valence-electron chi connectivity index (χ3n) is 3.29. The fourth-order valence-electron chi connectivity index (χ4n) is 2.17. The monoisotopic (exact) mass is 405 g/mol. The van der Waals surface area contributed by atoms with Crippen molar-refractivity contribution in [2.24, 2.45) is 0 Å². The van der Waals surface area contributed by atoms with E-state index in [1.54, 1.807) is 0 Å². The molecule has 0 aliphatic carbocycles. The second-order valence-electron chi connectivity index (χ2n) is 4.71. The summed E-state index contributed by atoms with van der Waals surface area (Å²) in [6.07, 6.45) is 0. The first kappa shape index (κ1) is 14.5. The van der Waals surface area contributed by atoms with Gasteiger partial charge in [-0.15, -0.1) is 10.2 Å². The van der Waals surface area contributed by atoms with Gasteiger partial charge in [-0.25, -0.2) is 0 Å². The van der Waals surface area contributed by atoms with Crippen molar-refractivity contribution in [2.45, 2.75) is 12.3 Å². The maximum atomic E-state index is 4.37. The average Bonchev–Trinajstić information content (AvgIpc) is 2.95. The summed E-state index contributed by atoms with van der Waals surface area (Å²) in [5.41, 5.74) is 3.30. The molecule has 3 aromatic rings. The summed E-state index contributed by atoms with van der Waals surface area (Å²) in [4.78, 5) is 0. The van der Waals surface area contributed by atoms with Crippen LogP contribution >= 0.6 is 31.9 Å². The van der Waals surface area contributed by atoms with Gasteiger partial charge in [0.05, 0.1) is 5.33 Å². The van der Waals surface area contributed by atoms with E-state index in [1.165, 1.54) is 5.56 Å². The molecule has 0 atom stereocenters. The Morgan fingerprint density at radius 3 is 2.48 bits per heavy atom. The Bertz CT molecular complexity index is 766. The molecule has 1 aromatic heterocycles. The highest BCUT2D eigenvalue weighted by molar-refractivity contribution is 9.10. The third-order valence-corrected chi connectivity index (χ3v) is 4.65. The Labute approximate surface area is 140 Å². The number of para-hydroxylation sites is 1. The Balaban J connectivity index is 2.20. The minimum absolute atomic E-state index is 0.655. The smallest absolute Gasteiger partial charge is 0.168 e. The van der Waals surface area contributed by atoms with E-state index in [0.29, 0.717) is 5.33 Å². The Morgan fingerprint density at radius 2 is 1.81 bits per heavy atom. The maximum Gasteiger partial charge on any atom is 0.168 e. The summed E-state index contributed by atoms with van der Waals surface area (Å²) in [5, 5.41) is 9.31. The highest BCUT2D eigenvalue weighted by Crippen LogP contribution is 2.27. The molecule has 3 nitrogen and oxygen atoms in total. The average molecular weight is 407 g/mol. The van der Waals surface area contributed by atoms with Gasteiger partial charge in [-0.2, -0.15) is 0 Å². The normalized spacial score (nSPS) is 10.8. The maximum absolute atomic E-state index is 4.37. The van der Waals surface area contributed by atoms with Crippen LogP contribution in [0.2, 0.25) is 0 Å². The fraction of sp³-hybridized carbons (Fsp3) is 0.125. The van der Waals surface area contributed by atoms with Crippen LogP contribution < -0.4 is 0 Å². The molecule has 0 amide bonds. The minimum Gasteiger partial charge on any atom is -0.278 e. The van der Waals surface area contributed by atoms with Gasteiger partial charge in [-0.3, -0.25) is 4.57 Å². The molecule has 0 spiro atoms. The summed E-state index contributed by atoms with van der Waals surface area (Å²) in [6.45, 7) is 2.07. The number of rotatable bonds is 3. The van der Waals surface area contributed by atoms with Crippen molar-refractivity contribution in [1.29, 1.82) is 0 Å². The largest absolute Gasteiger partial charge is 0.278 e. The molecular weight excluding hydrogens is 394 g/mol. The van der Waals surface area contributed by atoms with Crippen LogP contribution in [0.25, 0.3) is 17.1 Å². The molecule has 0 saturated carbocycles. The van der Waals surface area contributed by atoms with Crippen LogP contribution in [-0.4, -0.2) is 14.8 Å². The molecule has 0 unspecified atom stereocenters. The predicted octanol–water partition coefficient (Wildman–Crippen LogP) is 4.90. The second-order valence-corrected chi connectivity index (χ2v) is 6.12. The van der Waals surface area contributed by atoms with Crippen molar-refractivity contribution in [3.63, 3.8) is 0 Å². The molecule has 3 rings (SSSR count). The third kappa shape index (κ3) is 2.80. The van der Waals surface area contributed by atoms with Gasteiger partial charge in [-0.1, -0.05) is 62.2 Å². The molecule has 0 saturated heterocycles. The van der Waals surface area contributed by atoms with E-state index in [0.717, 1.165) is 27.4 Å². The topological polar surface area (TPSA) is 30.7 Å². The van der Waals surface area contributed by atoms with Gasteiger partial charge >= 0.3 is 0 Å². The lowest BCUT2D eigenvalue weighted by Gasteiger charge is -2.10. The summed E-state index contributed by atoms with van der Waals surface area (Å²) in [6, 6.07) is 16.4. The fourth-order valence-corrected chi connectivity index (χ4v) is 2.91. The molecular formula is C16H13Br2N3. The van der Waals surface area contributed by atoms with Crippen LogP contribution in [0.1, 0.15) is 11.4 Å². The molecule has 2 aromatic carbocycles. The lowest BCUT2D eigenvalue weighted by atomic mass is 10.1. The van der Waals surface area contributed by atoms with Crippen molar-refractivity contribution in [3.05, 3.63) is 64.4 Å². The van der Waals surface area contributed by atoms with E-state index in [1.807, 2.05) is 18.2 Å². The van der Waals surface area contributed by atoms with Gasteiger partial charge in [0.2, 0.25) is 0 Å². The molecule has 0 fully saturated rings. The van der Waals surface area contributed by atoms with Gasteiger partial charge in [0.15, 0.2) is 5.82 Å². The zero-order valence-electron chi connectivity index (χ0n) is 11.4. The Hall–Kier alpha value is -1.46. The Morgan fingerprint density at radius 1 is 1.05 bits per heavy atom. The van der Waals surface area contributed by atoms with Gasteiger partial charge < -0.3 is 0 Å². The van der Waals surface area contributed by atoms with E-state index >= 15 is 0 Å². The summed E-state index contributed by atoms with van der Waals surface area (Å²) < 4.78 is 3.15. The zero-order valence-corrected chi connectivity index (χ0v) is 14.6. The van der Waals surface area contributed by atoms with Crippen molar-refractivity contribution in [1.82, 2.24) is 14.8 Å². The first-order valence-corrected chi connectivity index (χ1v) is 8.44. The highest BCUT2D eigenvalue weighted by atomic mass is 79.9. The Kier molecular flexibility index (Phi) is 4.22. The van der Waals surface area contributed by atoms with Crippen LogP contribution in [0.15, 0.2) is 53.0 Å². The number of hydrogen-bond donors (Lipinski definition) is 0. The van der Waals surface area contributed by atoms with E-state index in [-0.39, 0.29) is 0 Å². The first-order valence-electron chi connectivity index (χ1n) is 6.53. The predicted molar refractivity (Wildman–Crippen MR) is 91.9 cm³/mol. The van der Waals surface area contributed by atoms with Crippen molar-refractivity contribution in [2.75, 3.05) is 0 Å². The standard InChI is InChI=1S/C16H13Br2N3/c1-11-7-8-12(9-14(11)18)16-20-19-15(10-17)21(16)13-5-3-2-4-6-13/h2-9H,10H2,1H3. The van der Waals surface area contributed by atoms with Crippen LogP contribution in [0.5, 0.6) is 0 Å². The van der Waals surface area contributed by atoms with Gasteiger partial charge in [0, 0.05) is 15.7 Å². The van der Waals surface area contributed by atoms with Crippen molar-refractivity contribution in [3.8, 4) is 17.1 Å². The summed E-state index contributed by atoms with van der Waals surface area (Å²) in [5.74, 6) is 1.73. The molecule has 0 radical (unpaired) electrons. The number of halogens is 2. The SMILES string of the molecule is Cc1ccc(-c2nnc(CBr)n2-c2ccccc2)cc1Br. The number of aromatic nitrogens is 3. The van der Waals surface area contributed by atoms with Crippen molar-refractivity contribution >= 4 is 31.9 Å². The second kappa shape index (κ2) is 6.12. The van der Waals surface area contributed by atoms with E-state index in [9.17, 15) is 0 Å². The van der Waals surface area contributed by atoms with E-state index in [4.69, 9.17) is 0 Å². The minimum atomic E-state index is 0.655. The number of nitrogens with zero attached hydrogens (tertiary/aromatic N) is 3. The zero-order chi connectivity index (χ0) is 14.8. The van der Waals surface area contributed by atoms with Crippen LogP contribution in [0.4, 0.5) is 0 Å². The molecule has 21 heavy (non-hydrogen) atoms. The van der Waals surface area contributed by atoms with Crippen LogP contribution in [0, 0.1) is 6.92 Å². The van der Waals surface area contributed by atoms with Gasteiger partial charge in [0.25, 0.3) is 0 Å². The van der Waals surface area contributed by atoms with Gasteiger partial charge in [0.1, 0.15) is 5.82 Å². The summed E-state index contributed by atoms with van der Waals surface area (Å²) >= 11 is 7.07. The number of benzene rings is 2. The van der Waals surface area contributed by atoms with E-state index in [2.05, 4.69) is 83.9 Å².